The van der Waals surface area contributed by atoms with E-state index in [-0.39, 0.29) is 0 Å². The van der Waals surface area contributed by atoms with Crippen molar-refractivity contribution in [3.05, 3.63) is 22.5 Å². The number of aryl methyl sites for hydroxylation is 2. The number of aromatic nitrogens is 2. The summed E-state index contributed by atoms with van der Waals surface area (Å²) in [7, 11) is 2.23. The first-order chi connectivity index (χ1) is 9.65. The van der Waals surface area contributed by atoms with Crippen molar-refractivity contribution in [3.63, 3.8) is 0 Å². The average molecular weight is 292 g/mol. The topological polar surface area (TPSA) is 32.6 Å². The molecule has 1 unspecified atom stereocenters. The van der Waals surface area contributed by atoms with Crippen molar-refractivity contribution >= 4 is 16.3 Å². The lowest BCUT2D eigenvalue weighted by Gasteiger charge is -2.29. The van der Waals surface area contributed by atoms with E-state index < -0.39 is 0 Å². The van der Waals surface area contributed by atoms with Crippen LogP contribution in [0.25, 0.3) is 4.96 Å². The van der Waals surface area contributed by atoms with Crippen LogP contribution in [0.3, 0.4) is 0 Å². The Morgan fingerprint density at radius 2 is 2.30 bits per heavy atom. The second-order valence-corrected chi connectivity index (χ2v) is 6.88. The van der Waals surface area contributed by atoms with Crippen LogP contribution >= 0.6 is 11.3 Å². The maximum atomic E-state index is 4.64. The van der Waals surface area contributed by atoms with Crippen LogP contribution in [0.2, 0.25) is 0 Å². The minimum absolute atomic E-state index is 0.793. The van der Waals surface area contributed by atoms with Crippen LogP contribution < -0.4 is 5.32 Å². The molecule has 0 radical (unpaired) electrons. The molecule has 3 rings (SSSR count). The van der Waals surface area contributed by atoms with Gasteiger partial charge in [0.2, 0.25) is 0 Å². The van der Waals surface area contributed by atoms with E-state index in [2.05, 4.69) is 45.9 Å². The van der Waals surface area contributed by atoms with E-state index in [1.165, 1.54) is 37.3 Å². The number of hydrogen-bond acceptors (Lipinski definition) is 4. The minimum Gasteiger partial charge on any atom is -0.311 e. The van der Waals surface area contributed by atoms with Crippen molar-refractivity contribution in [1.29, 1.82) is 0 Å². The van der Waals surface area contributed by atoms with Crippen LogP contribution in [0.5, 0.6) is 0 Å². The van der Waals surface area contributed by atoms with E-state index in [0.29, 0.717) is 0 Å². The molecule has 5 heteroatoms. The molecule has 20 heavy (non-hydrogen) atoms. The summed E-state index contributed by atoms with van der Waals surface area (Å²) >= 11 is 1.73. The Morgan fingerprint density at radius 1 is 1.45 bits per heavy atom. The van der Waals surface area contributed by atoms with Crippen LogP contribution in [0.4, 0.5) is 0 Å². The summed E-state index contributed by atoms with van der Waals surface area (Å²) in [5, 5.41) is 5.83. The number of thiazole rings is 1. The van der Waals surface area contributed by atoms with Crippen molar-refractivity contribution < 1.29 is 0 Å². The number of piperidine rings is 1. The predicted molar refractivity (Wildman–Crippen MR) is 84.5 cm³/mol. The van der Waals surface area contributed by atoms with Gasteiger partial charge >= 0.3 is 0 Å². The Morgan fingerprint density at radius 3 is 3.10 bits per heavy atom. The van der Waals surface area contributed by atoms with E-state index >= 15 is 0 Å². The number of imidazole rings is 1. The van der Waals surface area contributed by atoms with Crippen molar-refractivity contribution in [2.45, 2.75) is 33.2 Å². The fourth-order valence-corrected chi connectivity index (χ4v) is 4.14. The van der Waals surface area contributed by atoms with Gasteiger partial charge in [-0.2, -0.15) is 0 Å². The Kier molecular flexibility index (Phi) is 4.10. The first kappa shape index (κ1) is 14.0. The molecule has 1 saturated heterocycles. The van der Waals surface area contributed by atoms with Crippen molar-refractivity contribution in [2.75, 3.05) is 26.7 Å². The molecule has 1 aliphatic heterocycles. The molecule has 0 bridgehead atoms. The molecule has 1 fully saturated rings. The lowest BCUT2D eigenvalue weighted by atomic mass is 9.98. The molecule has 0 amide bonds. The van der Waals surface area contributed by atoms with Gasteiger partial charge in [-0.05, 0) is 52.7 Å². The summed E-state index contributed by atoms with van der Waals surface area (Å²) in [5.41, 5.74) is 3.77. The molecule has 0 saturated carbocycles. The molecular weight excluding hydrogens is 268 g/mol. The van der Waals surface area contributed by atoms with Gasteiger partial charge in [-0.3, -0.25) is 4.40 Å². The van der Waals surface area contributed by atoms with Gasteiger partial charge in [-0.1, -0.05) is 0 Å². The molecule has 0 spiro atoms. The fourth-order valence-electron chi connectivity index (χ4n) is 3.21. The van der Waals surface area contributed by atoms with Crippen molar-refractivity contribution in [1.82, 2.24) is 19.6 Å². The monoisotopic (exact) mass is 292 g/mol. The molecular formula is C15H24N4S. The van der Waals surface area contributed by atoms with E-state index in [9.17, 15) is 0 Å². The molecule has 4 nitrogen and oxygen atoms in total. The normalized spacial score (nSPS) is 20.9. The van der Waals surface area contributed by atoms with Crippen LogP contribution in [0.1, 0.15) is 29.9 Å². The average Bonchev–Trinajstić information content (AvgIpc) is 2.91. The fraction of sp³-hybridized carbons (Fsp3) is 0.667. The maximum absolute atomic E-state index is 4.64. The van der Waals surface area contributed by atoms with Crippen molar-refractivity contribution in [2.24, 2.45) is 5.92 Å². The van der Waals surface area contributed by atoms with Crippen LogP contribution in [0, 0.1) is 19.8 Å². The van der Waals surface area contributed by atoms with Crippen LogP contribution in [0.15, 0.2) is 5.38 Å². The van der Waals surface area contributed by atoms with Gasteiger partial charge in [0.25, 0.3) is 0 Å². The highest BCUT2D eigenvalue weighted by Gasteiger charge is 2.17. The number of nitrogens with zero attached hydrogens (tertiary/aromatic N) is 3. The lowest BCUT2D eigenvalue weighted by molar-refractivity contribution is 0.206. The molecule has 2 aromatic rings. The molecule has 2 aromatic heterocycles. The molecule has 1 aliphatic rings. The Labute approximate surface area is 124 Å². The van der Waals surface area contributed by atoms with Gasteiger partial charge in [-0.15, -0.1) is 11.3 Å². The van der Waals surface area contributed by atoms with Crippen molar-refractivity contribution in [3.8, 4) is 0 Å². The number of hydrogen-bond donors (Lipinski definition) is 1. The van der Waals surface area contributed by atoms with E-state index in [4.69, 9.17) is 0 Å². The molecule has 3 heterocycles. The number of likely N-dealkylation sites (tertiary alicyclic amines) is 1. The van der Waals surface area contributed by atoms with Gasteiger partial charge in [0.15, 0.2) is 4.96 Å². The van der Waals surface area contributed by atoms with E-state index in [1.807, 2.05) is 0 Å². The number of fused-ring (bicyclic) bond motifs is 1. The highest BCUT2D eigenvalue weighted by atomic mass is 32.1. The summed E-state index contributed by atoms with van der Waals surface area (Å²) in [6.45, 7) is 8.79. The largest absolute Gasteiger partial charge is 0.311 e. The quantitative estimate of drug-likeness (QED) is 0.939. The van der Waals surface area contributed by atoms with Gasteiger partial charge in [-0.25, -0.2) is 4.98 Å². The minimum atomic E-state index is 0.793. The first-order valence-electron chi connectivity index (χ1n) is 7.46. The zero-order valence-electron chi connectivity index (χ0n) is 12.6. The maximum Gasteiger partial charge on any atom is 0.194 e. The molecule has 0 aromatic carbocycles. The summed E-state index contributed by atoms with van der Waals surface area (Å²) in [4.78, 5) is 8.21. The zero-order chi connectivity index (χ0) is 14.1. The third-order valence-electron chi connectivity index (χ3n) is 4.28. The smallest absolute Gasteiger partial charge is 0.194 e. The first-order valence-corrected chi connectivity index (χ1v) is 8.34. The van der Waals surface area contributed by atoms with Gasteiger partial charge < -0.3 is 10.2 Å². The molecule has 1 atom stereocenters. The van der Waals surface area contributed by atoms with Crippen LogP contribution in [-0.4, -0.2) is 41.0 Å². The zero-order valence-corrected chi connectivity index (χ0v) is 13.5. The molecule has 110 valence electrons. The highest BCUT2D eigenvalue weighted by Crippen LogP contribution is 2.20. The highest BCUT2D eigenvalue weighted by molar-refractivity contribution is 7.15. The Hall–Kier alpha value is -0.910. The van der Waals surface area contributed by atoms with Crippen LogP contribution in [-0.2, 0) is 6.54 Å². The van der Waals surface area contributed by atoms with Gasteiger partial charge in [0.05, 0.1) is 11.4 Å². The summed E-state index contributed by atoms with van der Waals surface area (Å²) in [6, 6.07) is 0. The van der Waals surface area contributed by atoms with Gasteiger partial charge in [0.1, 0.15) is 0 Å². The standard InChI is InChI=1S/C15H24N4S/c1-11-10-20-15-17-12(2)14(19(11)15)8-16-7-13-5-4-6-18(3)9-13/h10,13,16H,4-9H2,1-3H3. The third kappa shape index (κ3) is 2.75. The predicted octanol–water partition coefficient (Wildman–Crippen LogP) is 2.44. The van der Waals surface area contributed by atoms with Gasteiger partial charge in [0, 0.05) is 24.2 Å². The Bertz CT molecular complexity index is 586. The van der Waals surface area contributed by atoms with E-state index in [1.54, 1.807) is 11.3 Å². The second kappa shape index (κ2) is 5.84. The Balaban J connectivity index is 1.62. The lowest BCUT2D eigenvalue weighted by Crippen LogP contribution is -2.37. The third-order valence-corrected chi connectivity index (χ3v) is 5.22. The molecule has 1 N–H and O–H groups in total. The summed E-state index contributed by atoms with van der Waals surface area (Å²) in [5.74, 6) is 0.793. The number of nitrogens with one attached hydrogen (secondary N) is 1. The van der Waals surface area contributed by atoms with E-state index in [0.717, 1.165) is 29.7 Å². The molecule has 0 aliphatic carbocycles. The number of rotatable bonds is 4. The summed E-state index contributed by atoms with van der Waals surface area (Å²) in [6.07, 6.45) is 2.69. The second-order valence-electron chi connectivity index (χ2n) is 6.04. The summed E-state index contributed by atoms with van der Waals surface area (Å²) < 4.78 is 2.29. The SMILES string of the molecule is Cc1nc2scc(C)n2c1CNCC1CCCN(C)C1.